The highest BCUT2D eigenvalue weighted by Crippen LogP contribution is 1.97. The minimum absolute atomic E-state index is 0.428. The molecule has 0 unspecified atom stereocenters. The first-order chi connectivity index (χ1) is 5.13. The lowest BCUT2D eigenvalue weighted by Crippen LogP contribution is -2.13. The van der Waals surface area contributed by atoms with Gasteiger partial charge in [-0.15, -0.1) is 0 Å². The molecule has 0 atom stereocenters. The Morgan fingerprint density at radius 2 is 2.09 bits per heavy atom. The van der Waals surface area contributed by atoms with Gasteiger partial charge in [-0.05, 0) is 6.08 Å². The largest absolute Gasteiger partial charge is 0.477 e. The van der Waals surface area contributed by atoms with E-state index in [1.54, 1.807) is 0 Å². The van der Waals surface area contributed by atoms with Crippen LogP contribution >= 0.6 is 0 Å². The first-order valence-electron chi connectivity index (χ1n) is 2.77. The van der Waals surface area contributed by atoms with E-state index < -0.39 is 17.5 Å². The maximum Gasteiger partial charge on any atom is 0.345 e. The van der Waals surface area contributed by atoms with Crippen LogP contribution in [0.2, 0.25) is 0 Å². The van der Waals surface area contributed by atoms with Gasteiger partial charge in [0.15, 0.2) is 0 Å². The van der Waals surface area contributed by atoms with Crippen molar-refractivity contribution in [3.63, 3.8) is 0 Å². The summed E-state index contributed by atoms with van der Waals surface area (Å²) in [6.45, 7) is 3.25. The number of hydrogen-bond donors (Lipinski definition) is 1. The van der Waals surface area contributed by atoms with Crippen molar-refractivity contribution in [2.75, 3.05) is 7.11 Å². The summed E-state index contributed by atoms with van der Waals surface area (Å²) < 4.78 is 4.19. The number of rotatable bonds is 3. The van der Waals surface area contributed by atoms with Gasteiger partial charge in [-0.2, -0.15) is 0 Å². The second-order valence-electron chi connectivity index (χ2n) is 1.61. The van der Waals surface area contributed by atoms with Crippen LogP contribution in [0, 0.1) is 0 Å². The molecule has 1 N–H and O–H groups in total. The SMILES string of the molecule is C=C/C=C(/C(=O)O)C(=O)OC. The molecule has 0 fully saturated rings. The van der Waals surface area contributed by atoms with Crippen LogP contribution in [0.1, 0.15) is 0 Å². The Balaban J connectivity index is 4.61. The second kappa shape index (κ2) is 4.27. The van der Waals surface area contributed by atoms with Crippen molar-refractivity contribution < 1.29 is 19.4 Å². The summed E-state index contributed by atoms with van der Waals surface area (Å²) in [5, 5.41) is 8.39. The Labute approximate surface area is 63.8 Å². The lowest BCUT2D eigenvalue weighted by Gasteiger charge is -1.96. The molecule has 0 aromatic heterocycles. The molecular weight excluding hydrogens is 148 g/mol. The summed E-state index contributed by atoms with van der Waals surface area (Å²) in [7, 11) is 1.11. The van der Waals surface area contributed by atoms with Gasteiger partial charge >= 0.3 is 11.9 Å². The number of methoxy groups -OCH3 is 1. The van der Waals surface area contributed by atoms with Crippen LogP contribution in [0.15, 0.2) is 24.3 Å². The summed E-state index contributed by atoms with van der Waals surface area (Å²) >= 11 is 0. The monoisotopic (exact) mass is 156 g/mol. The summed E-state index contributed by atoms with van der Waals surface area (Å²) in [5.74, 6) is -2.20. The Bertz CT molecular complexity index is 214. The van der Waals surface area contributed by atoms with Crippen LogP contribution in [0.25, 0.3) is 0 Å². The minimum atomic E-state index is -1.32. The molecule has 4 heteroatoms. The van der Waals surface area contributed by atoms with E-state index in [0.717, 1.165) is 13.2 Å². The molecule has 0 aliphatic carbocycles. The molecule has 0 rings (SSSR count). The molecule has 0 radical (unpaired) electrons. The fraction of sp³-hybridized carbons (Fsp3) is 0.143. The number of carbonyl (C=O) groups excluding carboxylic acids is 1. The Morgan fingerprint density at radius 3 is 2.36 bits per heavy atom. The first kappa shape index (κ1) is 9.42. The first-order valence-corrected chi connectivity index (χ1v) is 2.77. The standard InChI is InChI=1S/C7H8O4/c1-3-4-5(6(8)9)7(10)11-2/h3-4H,1H2,2H3,(H,8,9)/b5-4-. The Hall–Kier alpha value is -1.58. The summed E-state index contributed by atoms with van der Waals surface area (Å²) in [6, 6.07) is 0. The van der Waals surface area contributed by atoms with E-state index in [9.17, 15) is 9.59 Å². The number of esters is 1. The third-order valence-corrected chi connectivity index (χ3v) is 0.920. The van der Waals surface area contributed by atoms with Gasteiger partial charge < -0.3 is 9.84 Å². The maximum atomic E-state index is 10.6. The number of allylic oxidation sites excluding steroid dienone is 2. The van der Waals surface area contributed by atoms with Crippen molar-refractivity contribution in [3.05, 3.63) is 24.3 Å². The summed E-state index contributed by atoms with van der Waals surface area (Å²) in [4.78, 5) is 20.9. The highest BCUT2D eigenvalue weighted by molar-refractivity contribution is 6.13. The van der Waals surface area contributed by atoms with Crippen LogP contribution in [0.3, 0.4) is 0 Å². The number of hydrogen-bond acceptors (Lipinski definition) is 3. The Kier molecular flexibility index (Phi) is 3.66. The number of ether oxygens (including phenoxy) is 1. The fourth-order valence-electron chi connectivity index (χ4n) is 0.454. The fourth-order valence-corrected chi connectivity index (χ4v) is 0.454. The second-order valence-corrected chi connectivity index (χ2v) is 1.61. The summed E-state index contributed by atoms with van der Waals surface area (Å²) in [5.41, 5.74) is -0.428. The van der Waals surface area contributed by atoms with Gasteiger partial charge in [0.05, 0.1) is 7.11 Å². The van der Waals surface area contributed by atoms with Crippen LogP contribution in [-0.2, 0) is 14.3 Å². The number of carboxylic acid groups (broad SMARTS) is 1. The molecule has 0 heterocycles. The van der Waals surface area contributed by atoms with E-state index in [-0.39, 0.29) is 0 Å². The van der Waals surface area contributed by atoms with Crippen LogP contribution < -0.4 is 0 Å². The molecule has 0 spiro atoms. The van der Waals surface area contributed by atoms with Gasteiger partial charge in [-0.3, -0.25) is 0 Å². The number of carboxylic acids is 1. The third kappa shape index (κ3) is 2.66. The van der Waals surface area contributed by atoms with E-state index >= 15 is 0 Å². The molecule has 0 bridgehead atoms. The topological polar surface area (TPSA) is 63.6 Å². The van der Waals surface area contributed by atoms with Crippen LogP contribution in [0.5, 0.6) is 0 Å². The van der Waals surface area contributed by atoms with Crippen molar-refractivity contribution in [2.24, 2.45) is 0 Å². The zero-order valence-corrected chi connectivity index (χ0v) is 6.03. The molecule has 60 valence electrons. The van der Waals surface area contributed by atoms with Crippen molar-refractivity contribution in [1.82, 2.24) is 0 Å². The van der Waals surface area contributed by atoms with Gasteiger partial charge in [-0.25, -0.2) is 9.59 Å². The predicted octanol–water partition coefficient (Wildman–Crippen LogP) is 0.356. The van der Waals surface area contributed by atoms with E-state index in [1.165, 1.54) is 6.08 Å². The molecule has 0 aliphatic rings. The van der Waals surface area contributed by atoms with E-state index in [2.05, 4.69) is 11.3 Å². The molecule has 0 aromatic rings. The van der Waals surface area contributed by atoms with Crippen LogP contribution in [0.4, 0.5) is 0 Å². The van der Waals surface area contributed by atoms with Gasteiger partial charge in [0.25, 0.3) is 0 Å². The third-order valence-electron chi connectivity index (χ3n) is 0.920. The molecule has 0 aromatic carbocycles. The van der Waals surface area contributed by atoms with Crippen molar-refractivity contribution in [2.45, 2.75) is 0 Å². The van der Waals surface area contributed by atoms with Crippen molar-refractivity contribution >= 4 is 11.9 Å². The highest BCUT2D eigenvalue weighted by Gasteiger charge is 2.15. The van der Waals surface area contributed by atoms with E-state index in [4.69, 9.17) is 5.11 Å². The van der Waals surface area contributed by atoms with Crippen molar-refractivity contribution in [1.29, 1.82) is 0 Å². The van der Waals surface area contributed by atoms with Gasteiger partial charge in [0.2, 0.25) is 0 Å². The average Bonchev–Trinajstić information content (AvgIpc) is 1.98. The van der Waals surface area contributed by atoms with Gasteiger partial charge in [0.1, 0.15) is 5.57 Å². The zero-order chi connectivity index (χ0) is 8.85. The summed E-state index contributed by atoms with van der Waals surface area (Å²) in [6.07, 6.45) is 2.29. The molecule has 4 nitrogen and oxygen atoms in total. The molecule has 0 saturated carbocycles. The molecule has 0 amide bonds. The Morgan fingerprint density at radius 1 is 1.55 bits per heavy atom. The minimum Gasteiger partial charge on any atom is -0.477 e. The molecular formula is C7H8O4. The number of carbonyl (C=O) groups is 2. The number of aliphatic carboxylic acids is 1. The maximum absolute atomic E-state index is 10.6. The predicted molar refractivity (Wildman–Crippen MR) is 37.9 cm³/mol. The molecule has 0 aliphatic heterocycles. The molecule has 11 heavy (non-hydrogen) atoms. The van der Waals surface area contributed by atoms with E-state index in [1.807, 2.05) is 0 Å². The van der Waals surface area contributed by atoms with E-state index in [0.29, 0.717) is 0 Å². The van der Waals surface area contributed by atoms with Crippen molar-refractivity contribution in [3.8, 4) is 0 Å². The lowest BCUT2D eigenvalue weighted by molar-refractivity contribution is -0.142. The normalized spacial score (nSPS) is 10.5. The highest BCUT2D eigenvalue weighted by atomic mass is 16.5. The smallest absolute Gasteiger partial charge is 0.345 e. The lowest BCUT2D eigenvalue weighted by atomic mass is 10.2. The molecule has 0 saturated heterocycles. The van der Waals surface area contributed by atoms with Gasteiger partial charge in [0, 0.05) is 0 Å². The quantitative estimate of drug-likeness (QED) is 0.210. The van der Waals surface area contributed by atoms with Gasteiger partial charge in [-0.1, -0.05) is 12.7 Å². The van der Waals surface area contributed by atoms with Crippen LogP contribution in [-0.4, -0.2) is 24.2 Å². The zero-order valence-electron chi connectivity index (χ0n) is 6.03. The average molecular weight is 156 g/mol.